The third-order valence-electron chi connectivity index (χ3n) is 2.93. The van der Waals surface area contributed by atoms with Gasteiger partial charge in [-0.3, -0.25) is 4.79 Å². The Kier molecular flexibility index (Phi) is 4.90. The van der Waals surface area contributed by atoms with Gasteiger partial charge in [0.15, 0.2) is 6.61 Å². The maximum absolute atomic E-state index is 13.6. The first-order chi connectivity index (χ1) is 10.1. The van der Waals surface area contributed by atoms with E-state index in [4.69, 9.17) is 10.5 Å². The third-order valence-corrected chi connectivity index (χ3v) is 2.93. The molecule has 0 spiro atoms. The summed E-state index contributed by atoms with van der Waals surface area (Å²) < 4.78 is 18.9. The van der Waals surface area contributed by atoms with E-state index in [1.54, 1.807) is 25.1 Å². The Bertz CT molecular complexity index is 627. The summed E-state index contributed by atoms with van der Waals surface area (Å²) >= 11 is 0. The first kappa shape index (κ1) is 15.0. The highest BCUT2D eigenvalue weighted by molar-refractivity contribution is 5.92. The van der Waals surface area contributed by atoms with Crippen LogP contribution in [0.25, 0.3) is 0 Å². The Morgan fingerprint density at radius 1 is 1.24 bits per heavy atom. The predicted octanol–water partition coefficient (Wildman–Crippen LogP) is 2.61. The summed E-state index contributed by atoms with van der Waals surface area (Å²) in [5.41, 5.74) is 7.41. The van der Waals surface area contributed by atoms with E-state index < -0.39 is 11.7 Å². The molecule has 2 aromatic carbocycles. The SMILES string of the molecule is Cc1ccc(NC(=O)COc2ccc(CN)cc2)c(F)c1. The molecule has 0 heterocycles. The fraction of sp³-hybridized carbons (Fsp3) is 0.188. The van der Waals surface area contributed by atoms with E-state index in [0.29, 0.717) is 12.3 Å². The van der Waals surface area contributed by atoms with Crippen LogP contribution in [0.4, 0.5) is 10.1 Å². The number of nitrogens with two attached hydrogens (primary N) is 1. The molecule has 0 aliphatic carbocycles. The molecule has 0 atom stereocenters. The predicted molar refractivity (Wildman–Crippen MR) is 79.6 cm³/mol. The average molecular weight is 288 g/mol. The van der Waals surface area contributed by atoms with Gasteiger partial charge in [0.25, 0.3) is 5.91 Å². The lowest BCUT2D eigenvalue weighted by Gasteiger charge is -2.09. The average Bonchev–Trinajstić information content (AvgIpc) is 2.48. The van der Waals surface area contributed by atoms with Crippen LogP contribution in [-0.4, -0.2) is 12.5 Å². The number of hydrogen-bond acceptors (Lipinski definition) is 3. The molecule has 0 unspecified atom stereocenters. The number of halogens is 1. The molecule has 0 aromatic heterocycles. The number of nitrogens with one attached hydrogen (secondary N) is 1. The van der Waals surface area contributed by atoms with Crippen LogP contribution in [-0.2, 0) is 11.3 Å². The van der Waals surface area contributed by atoms with Crippen molar-refractivity contribution in [2.24, 2.45) is 5.73 Å². The number of benzene rings is 2. The van der Waals surface area contributed by atoms with Crippen molar-refractivity contribution in [3.05, 3.63) is 59.4 Å². The third kappa shape index (κ3) is 4.29. The quantitative estimate of drug-likeness (QED) is 0.889. The molecule has 5 heteroatoms. The van der Waals surface area contributed by atoms with E-state index >= 15 is 0 Å². The monoisotopic (exact) mass is 288 g/mol. The van der Waals surface area contributed by atoms with Crippen molar-refractivity contribution in [3.8, 4) is 5.75 Å². The smallest absolute Gasteiger partial charge is 0.262 e. The molecule has 0 fully saturated rings. The fourth-order valence-electron chi connectivity index (χ4n) is 1.78. The minimum Gasteiger partial charge on any atom is -0.484 e. The first-order valence-corrected chi connectivity index (χ1v) is 6.56. The Hall–Kier alpha value is -2.40. The van der Waals surface area contributed by atoms with E-state index in [9.17, 15) is 9.18 Å². The Morgan fingerprint density at radius 2 is 1.95 bits per heavy atom. The molecule has 0 bridgehead atoms. The lowest BCUT2D eigenvalue weighted by atomic mass is 10.2. The van der Waals surface area contributed by atoms with Crippen molar-refractivity contribution in [3.63, 3.8) is 0 Å². The normalized spacial score (nSPS) is 10.2. The molecular weight excluding hydrogens is 271 g/mol. The second-order valence-electron chi connectivity index (χ2n) is 4.67. The number of amides is 1. The van der Waals surface area contributed by atoms with E-state index in [1.165, 1.54) is 12.1 Å². The van der Waals surface area contributed by atoms with Crippen molar-refractivity contribution in [1.29, 1.82) is 0 Å². The number of carbonyl (C=O) groups is 1. The second-order valence-corrected chi connectivity index (χ2v) is 4.67. The van der Waals surface area contributed by atoms with E-state index in [1.807, 2.05) is 12.1 Å². The molecule has 0 aliphatic heterocycles. The van der Waals surface area contributed by atoms with Crippen molar-refractivity contribution in [1.82, 2.24) is 0 Å². The molecule has 0 saturated carbocycles. The zero-order chi connectivity index (χ0) is 15.2. The fourth-order valence-corrected chi connectivity index (χ4v) is 1.78. The molecule has 0 radical (unpaired) electrons. The van der Waals surface area contributed by atoms with Crippen molar-refractivity contribution >= 4 is 11.6 Å². The van der Waals surface area contributed by atoms with Gasteiger partial charge in [0.05, 0.1) is 5.69 Å². The summed E-state index contributed by atoms with van der Waals surface area (Å²) in [5.74, 6) is -0.317. The summed E-state index contributed by atoms with van der Waals surface area (Å²) in [7, 11) is 0. The van der Waals surface area contributed by atoms with Gasteiger partial charge in [-0.15, -0.1) is 0 Å². The number of carbonyl (C=O) groups excluding carboxylic acids is 1. The van der Waals surface area contributed by atoms with Crippen LogP contribution in [0.2, 0.25) is 0 Å². The van der Waals surface area contributed by atoms with Crippen molar-refractivity contribution < 1.29 is 13.9 Å². The van der Waals surface area contributed by atoms with Crippen LogP contribution in [0.1, 0.15) is 11.1 Å². The van der Waals surface area contributed by atoms with Crippen LogP contribution in [0.3, 0.4) is 0 Å². The highest BCUT2D eigenvalue weighted by Crippen LogP contribution is 2.15. The minimum atomic E-state index is -0.462. The number of aryl methyl sites for hydroxylation is 1. The second kappa shape index (κ2) is 6.85. The van der Waals surface area contributed by atoms with E-state index in [0.717, 1.165) is 11.1 Å². The van der Waals surface area contributed by atoms with Gasteiger partial charge in [-0.2, -0.15) is 0 Å². The lowest BCUT2D eigenvalue weighted by molar-refractivity contribution is -0.118. The first-order valence-electron chi connectivity index (χ1n) is 6.56. The lowest BCUT2D eigenvalue weighted by Crippen LogP contribution is -2.20. The molecule has 1 amide bonds. The van der Waals surface area contributed by atoms with E-state index in [2.05, 4.69) is 5.32 Å². The number of rotatable bonds is 5. The van der Waals surface area contributed by atoms with Crippen LogP contribution < -0.4 is 15.8 Å². The Labute approximate surface area is 122 Å². The summed E-state index contributed by atoms with van der Waals surface area (Å²) in [5, 5.41) is 2.47. The molecule has 0 aliphatic rings. The maximum Gasteiger partial charge on any atom is 0.262 e. The summed E-state index contributed by atoms with van der Waals surface area (Å²) in [4.78, 5) is 11.7. The van der Waals surface area contributed by atoms with Crippen LogP contribution in [0.5, 0.6) is 5.75 Å². The van der Waals surface area contributed by atoms with Gasteiger partial charge in [0.2, 0.25) is 0 Å². The zero-order valence-electron chi connectivity index (χ0n) is 11.7. The van der Waals surface area contributed by atoms with Crippen LogP contribution in [0, 0.1) is 12.7 Å². The number of anilines is 1. The molecule has 4 nitrogen and oxygen atoms in total. The maximum atomic E-state index is 13.6. The summed E-state index contributed by atoms with van der Waals surface area (Å²) in [6.07, 6.45) is 0. The van der Waals surface area contributed by atoms with Gasteiger partial charge in [0.1, 0.15) is 11.6 Å². The van der Waals surface area contributed by atoms with Gasteiger partial charge >= 0.3 is 0 Å². The minimum absolute atomic E-state index is 0.146. The molecular formula is C16H17FN2O2. The van der Waals surface area contributed by atoms with Gasteiger partial charge < -0.3 is 15.8 Å². The topological polar surface area (TPSA) is 64.3 Å². The van der Waals surface area contributed by atoms with Gasteiger partial charge in [0, 0.05) is 6.54 Å². The van der Waals surface area contributed by atoms with Crippen LogP contribution >= 0.6 is 0 Å². The molecule has 0 saturated heterocycles. The standard InChI is InChI=1S/C16H17FN2O2/c1-11-2-7-15(14(17)8-11)19-16(20)10-21-13-5-3-12(9-18)4-6-13/h2-8H,9-10,18H2,1H3,(H,19,20). The highest BCUT2D eigenvalue weighted by atomic mass is 19.1. The molecule has 2 rings (SSSR count). The zero-order valence-corrected chi connectivity index (χ0v) is 11.7. The Morgan fingerprint density at radius 3 is 2.57 bits per heavy atom. The highest BCUT2D eigenvalue weighted by Gasteiger charge is 2.08. The van der Waals surface area contributed by atoms with Gasteiger partial charge in [-0.25, -0.2) is 4.39 Å². The summed E-state index contributed by atoms with van der Waals surface area (Å²) in [6.45, 7) is 2.05. The van der Waals surface area contributed by atoms with Gasteiger partial charge in [-0.05, 0) is 42.3 Å². The van der Waals surface area contributed by atoms with Gasteiger partial charge in [-0.1, -0.05) is 18.2 Å². The number of ether oxygens (including phenoxy) is 1. The molecule has 3 N–H and O–H groups in total. The number of hydrogen-bond donors (Lipinski definition) is 2. The Balaban J connectivity index is 1.89. The molecule has 2 aromatic rings. The van der Waals surface area contributed by atoms with Crippen molar-refractivity contribution in [2.45, 2.75) is 13.5 Å². The van der Waals surface area contributed by atoms with Crippen LogP contribution in [0.15, 0.2) is 42.5 Å². The van der Waals surface area contributed by atoms with Crippen molar-refractivity contribution in [2.75, 3.05) is 11.9 Å². The molecule has 110 valence electrons. The largest absolute Gasteiger partial charge is 0.484 e. The van der Waals surface area contributed by atoms with E-state index in [-0.39, 0.29) is 12.3 Å². The molecule has 21 heavy (non-hydrogen) atoms. The summed E-state index contributed by atoms with van der Waals surface area (Å²) in [6, 6.07) is 11.7.